The summed E-state index contributed by atoms with van der Waals surface area (Å²) in [7, 11) is 4.64. The number of fused-ring (bicyclic) bond motifs is 3. The summed E-state index contributed by atoms with van der Waals surface area (Å²) < 4.78 is 33.7. The molecular weight excluding hydrogens is 500 g/mol. The molecule has 1 aliphatic heterocycles. The highest BCUT2D eigenvalue weighted by Gasteiger charge is 2.33. The van der Waals surface area contributed by atoms with Gasteiger partial charge in [-0.05, 0) is 60.0 Å². The van der Waals surface area contributed by atoms with Gasteiger partial charge in [-0.25, -0.2) is 0 Å². The molecule has 0 fully saturated rings. The van der Waals surface area contributed by atoms with Crippen molar-refractivity contribution in [3.63, 3.8) is 0 Å². The van der Waals surface area contributed by atoms with Gasteiger partial charge in [-0.2, -0.15) is 0 Å². The molecule has 1 aliphatic rings. The Bertz CT molecular complexity index is 1650. The maximum absolute atomic E-state index is 13.7. The van der Waals surface area contributed by atoms with Crippen LogP contribution in [0.2, 0.25) is 0 Å². The van der Waals surface area contributed by atoms with Gasteiger partial charge < -0.3 is 28.1 Å². The van der Waals surface area contributed by atoms with Gasteiger partial charge >= 0.3 is 5.97 Å². The Labute approximate surface area is 225 Å². The fourth-order valence-corrected chi connectivity index (χ4v) is 4.76. The molecule has 0 saturated carbocycles. The quantitative estimate of drug-likeness (QED) is 0.159. The Hall–Kier alpha value is -4.72. The molecule has 0 bridgehead atoms. The Balaban J connectivity index is 1.63. The zero-order valence-corrected chi connectivity index (χ0v) is 22.2. The van der Waals surface area contributed by atoms with Crippen LogP contribution in [0.5, 0.6) is 28.7 Å². The lowest BCUT2D eigenvalue weighted by molar-refractivity contribution is -0.135. The van der Waals surface area contributed by atoms with E-state index in [0.717, 1.165) is 11.1 Å². The SMILES string of the molecule is C=C(C)COc1ccc([C@H]2CC(=O)Oc3ccc4c(=O)c(-c5ccc(OC)c(OC)c5)coc4c32)cc1OC. The number of ether oxygens (including phenoxy) is 5. The van der Waals surface area contributed by atoms with E-state index >= 15 is 0 Å². The zero-order chi connectivity index (χ0) is 27.7. The molecule has 200 valence electrons. The Morgan fingerprint density at radius 3 is 2.36 bits per heavy atom. The van der Waals surface area contributed by atoms with Crippen LogP contribution in [0.4, 0.5) is 0 Å². The first-order valence-corrected chi connectivity index (χ1v) is 12.3. The van der Waals surface area contributed by atoms with E-state index in [1.54, 1.807) is 50.6 Å². The molecule has 0 N–H and O–H groups in total. The maximum atomic E-state index is 13.7. The average Bonchev–Trinajstić information content (AvgIpc) is 2.95. The molecular formula is C31H28O8. The maximum Gasteiger partial charge on any atom is 0.312 e. The largest absolute Gasteiger partial charge is 0.493 e. The highest BCUT2D eigenvalue weighted by molar-refractivity contribution is 5.90. The van der Waals surface area contributed by atoms with E-state index in [1.165, 1.54) is 13.4 Å². The van der Waals surface area contributed by atoms with Crippen molar-refractivity contribution < 1.29 is 32.9 Å². The number of hydrogen-bond donors (Lipinski definition) is 0. The summed E-state index contributed by atoms with van der Waals surface area (Å²) in [6.45, 7) is 6.09. The fraction of sp³-hybridized carbons (Fsp3) is 0.226. The van der Waals surface area contributed by atoms with Gasteiger partial charge in [-0.3, -0.25) is 9.59 Å². The number of methoxy groups -OCH3 is 3. The molecule has 0 saturated heterocycles. The molecule has 3 aromatic carbocycles. The lowest BCUT2D eigenvalue weighted by Gasteiger charge is -2.26. The molecule has 0 unspecified atom stereocenters. The van der Waals surface area contributed by atoms with Crippen LogP contribution in [-0.4, -0.2) is 33.9 Å². The molecule has 2 heterocycles. The van der Waals surface area contributed by atoms with Crippen LogP contribution in [-0.2, 0) is 4.79 Å². The predicted octanol–water partition coefficient (Wildman–Crippen LogP) is 5.88. The van der Waals surface area contributed by atoms with E-state index in [4.69, 9.17) is 28.1 Å². The number of rotatable bonds is 8. The first-order valence-electron chi connectivity index (χ1n) is 12.3. The third-order valence-corrected chi connectivity index (χ3v) is 6.64. The van der Waals surface area contributed by atoms with Crippen LogP contribution < -0.4 is 29.1 Å². The minimum atomic E-state index is -0.427. The van der Waals surface area contributed by atoms with Gasteiger partial charge in [0.25, 0.3) is 0 Å². The van der Waals surface area contributed by atoms with Crippen LogP contribution in [0.25, 0.3) is 22.1 Å². The van der Waals surface area contributed by atoms with Gasteiger partial charge in [0.2, 0.25) is 5.43 Å². The van der Waals surface area contributed by atoms with Crippen LogP contribution >= 0.6 is 0 Å². The molecule has 1 atom stereocenters. The second-order valence-electron chi connectivity index (χ2n) is 9.29. The summed E-state index contributed by atoms with van der Waals surface area (Å²) in [5, 5.41) is 0.373. The Morgan fingerprint density at radius 2 is 1.64 bits per heavy atom. The van der Waals surface area contributed by atoms with E-state index in [2.05, 4.69) is 6.58 Å². The average molecular weight is 529 g/mol. The van der Waals surface area contributed by atoms with Crippen LogP contribution in [0.15, 0.2) is 76.2 Å². The van der Waals surface area contributed by atoms with Crippen LogP contribution in [0, 0.1) is 0 Å². The summed E-state index contributed by atoms with van der Waals surface area (Å²) >= 11 is 0. The van der Waals surface area contributed by atoms with Crippen LogP contribution in [0.3, 0.4) is 0 Å². The summed E-state index contributed by atoms with van der Waals surface area (Å²) in [6.07, 6.45) is 1.50. The van der Waals surface area contributed by atoms with E-state index in [0.29, 0.717) is 63.0 Å². The van der Waals surface area contributed by atoms with Crippen molar-refractivity contribution in [2.75, 3.05) is 27.9 Å². The van der Waals surface area contributed by atoms with Crippen molar-refractivity contribution in [3.05, 3.63) is 88.3 Å². The first-order chi connectivity index (χ1) is 18.8. The summed E-state index contributed by atoms with van der Waals surface area (Å²) in [6, 6.07) is 14.0. The van der Waals surface area contributed by atoms with E-state index in [9.17, 15) is 9.59 Å². The molecule has 8 nitrogen and oxygen atoms in total. The molecule has 8 heteroatoms. The van der Waals surface area contributed by atoms with Gasteiger partial charge in [0.15, 0.2) is 23.0 Å². The minimum Gasteiger partial charge on any atom is -0.493 e. The van der Waals surface area contributed by atoms with Crippen molar-refractivity contribution in [1.82, 2.24) is 0 Å². The monoisotopic (exact) mass is 528 g/mol. The van der Waals surface area contributed by atoms with E-state index in [1.807, 2.05) is 19.1 Å². The van der Waals surface area contributed by atoms with Gasteiger partial charge in [0.1, 0.15) is 24.2 Å². The number of carbonyl (C=O) groups is 1. The molecule has 0 amide bonds. The lowest BCUT2D eigenvalue weighted by Crippen LogP contribution is -2.22. The molecule has 0 spiro atoms. The second-order valence-corrected chi connectivity index (χ2v) is 9.29. The number of esters is 1. The smallest absolute Gasteiger partial charge is 0.312 e. The molecule has 5 rings (SSSR count). The lowest BCUT2D eigenvalue weighted by atomic mass is 9.85. The second kappa shape index (κ2) is 10.6. The number of benzene rings is 3. The van der Waals surface area contributed by atoms with Crippen LogP contribution in [0.1, 0.15) is 30.4 Å². The highest BCUT2D eigenvalue weighted by atomic mass is 16.5. The first kappa shape index (κ1) is 25.9. The summed E-state index contributed by atoms with van der Waals surface area (Å²) in [5.74, 6) is 1.68. The van der Waals surface area contributed by atoms with Crippen molar-refractivity contribution in [1.29, 1.82) is 0 Å². The third kappa shape index (κ3) is 4.81. The topological polar surface area (TPSA) is 93.4 Å². The molecule has 0 radical (unpaired) electrons. The highest BCUT2D eigenvalue weighted by Crippen LogP contribution is 2.44. The summed E-state index contributed by atoms with van der Waals surface area (Å²) in [4.78, 5) is 26.2. The van der Waals surface area contributed by atoms with Crippen molar-refractivity contribution in [2.24, 2.45) is 0 Å². The third-order valence-electron chi connectivity index (χ3n) is 6.64. The van der Waals surface area contributed by atoms with Gasteiger partial charge in [0, 0.05) is 11.5 Å². The van der Waals surface area contributed by atoms with Crippen molar-refractivity contribution >= 4 is 16.9 Å². The van der Waals surface area contributed by atoms with Crippen molar-refractivity contribution in [2.45, 2.75) is 19.3 Å². The van der Waals surface area contributed by atoms with E-state index in [-0.39, 0.29) is 17.8 Å². The summed E-state index contributed by atoms with van der Waals surface area (Å²) in [5.41, 5.74) is 3.43. The molecule has 4 aromatic rings. The van der Waals surface area contributed by atoms with Gasteiger partial charge in [0.05, 0.1) is 38.7 Å². The van der Waals surface area contributed by atoms with E-state index < -0.39 is 5.92 Å². The number of carbonyl (C=O) groups excluding carboxylic acids is 1. The molecule has 39 heavy (non-hydrogen) atoms. The van der Waals surface area contributed by atoms with Gasteiger partial charge in [-0.1, -0.05) is 18.7 Å². The zero-order valence-electron chi connectivity index (χ0n) is 22.2. The minimum absolute atomic E-state index is 0.0718. The normalized spacial score (nSPS) is 14.4. The molecule has 0 aliphatic carbocycles. The predicted molar refractivity (Wildman–Crippen MR) is 146 cm³/mol. The Kier molecular flexibility index (Phi) is 7.02. The fourth-order valence-electron chi connectivity index (χ4n) is 4.76. The van der Waals surface area contributed by atoms with Crippen molar-refractivity contribution in [3.8, 4) is 39.9 Å². The number of hydrogen-bond acceptors (Lipinski definition) is 8. The molecule has 1 aromatic heterocycles. The van der Waals surface area contributed by atoms with Gasteiger partial charge in [-0.15, -0.1) is 0 Å². The standard InChI is InChI=1S/C31H28O8/c1-17(2)15-37-24-10-7-18(12-27(24)36-5)21-14-28(32)39-25-11-8-20-30(33)22(16-38-31(20)29(21)25)19-6-9-23(34-3)26(13-19)35-4/h6-13,16,21H,1,14-15H2,2-5H3/t21-/m1/s1. The Morgan fingerprint density at radius 1 is 0.923 bits per heavy atom.